The van der Waals surface area contributed by atoms with Crippen LogP contribution >= 0.6 is 0 Å². The van der Waals surface area contributed by atoms with Gasteiger partial charge in [0.15, 0.2) is 11.7 Å². The summed E-state index contributed by atoms with van der Waals surface area (Å²) in [5, 5.41) is 2.75. The van der Waals surface area contributed by atoms with Gasteiger partial charge in [-0.3, -0.25) is 9.59 Å². The van der Waals surface area contributed by atoms with Gasteiger partial charge in [0.1, 0.15) is 5.82 Å². The van der Waals surface area contributed by atoms with E-state index in [2.05, 4.69) is 10.3 Å². The van der Waals surface area contributed by atoms with E-state index in [1.807, 2.05) is 4.90 Å². The molecule has 0 saturated carbocycles. The zero-order valence-electron chi connectivity index (χ0n) is 14.5. The molecule has 1 saturated heterocycles. The second kappa shape index (κ2) is 8.60. The van der Waals surface area contributed by atoms with E-state index < -0.39 is 0 Å². The molecule has 2 heterocycles. The summed E-state index contributed by atoms with van der Waals surface area (Å²) < 4.78 is 18.5. The Kier molecular flexibility index (Phi) is 5.99. The lowest BCUT2D eigenvalue weighted by Crippen LogP contribution is -2.32. The van der Waals surface area contributed by atoms with Crippen molar-refractivity contribution in [1.29, 1.82) is 0 Å². The number of amides is 2. The third-order valence-corrected chi connectivity index (χ3v) is 4.37. The molecule has 0 bridgehead atoms. The van der Waals surface area contributed by atoms with Gasteiger partial charge in [0.2, 0.25) is 11.8 Å². The number of hydrogen-bond acceptors (Lipinski definition) is 4. The summed E-state index contributed by atoms with van der Waals surface area (Å²) in [6, 6.07) is 5.94. The summed E-state index contributed by atoms with van der Waals surface area (Å²) in [4.78, 5) is 29.8. The molecule has 1 aliphatic rings. The summed E-state index contributed by atoms with van der Waals surface area (Å²) >= 11 is 0. The number of carbonyl (C=O) groups is 2. The van der Waals surface area contributed by atoms with E-state index in [1.165, 1.54) is 12.1 Å². The average Bonchev–Trinajstić information content (AvgIpc) is 3.32. The molecule has 1 aliphatic heterocycles. The van der Waals surface area contributed by atoms with E-state index in [0.717, 1.165) is 31.5 Å². The quantitative estimate of drug-likeness (QED) is 0.824. The van der Waals surface area contributed by atoms with E-state index in [9.17, 15) is 14.0 Å². The van der Waals surface area contributed by atoms with Crippen molar-refractivity contribution in [3.63, 3.8) is 0 Å². The molecule has 1 fully saturated rings. The number of halogens is 1. The first-order chi connectivity index (χ1) is 12.6. The normalized spacial score (nSPS) is 13.8. The Morgan fingerprint density at radius 3 is 2.62 bits per heavy atom. The van der Waals surface area contributed by atoms with Crippen molar-refractivity contribution < 1.29 is 18.4 Å². The third kappa shape index (κ3) is 4.91. The number of likely N-dealkylation sites (tertiary alicyclic amines) is 1. The highest BCUT2D eigenvalue weighted by Gasteiger charge is 2.17. The number of aromatic nitrogens is 1. The average molecular weight is 359 g/mol. The highest BCUT2D eigenvalue weighted by Crippen LogP contribution is 2.21. The summed E-state index contributed by atoms with van der Waals surface area (Å²) in [7, 11) is 0. The SMILES string of the molecule is O=C(CCc1ncc(-c2ccc(F)cc2)o1)NCCC(=O)N1CCCC1. The highest BCUT2D eigenvalue weighted by molar-refractivity contribution is 5.79. The maximum absolute atomic E-state index is 12.9. The highest BCUT2D eigenvalue weighted by atomic mass is 19.1. The molecule has 0 spiro atoms. The van der Waals surface area contributed by atoms with Crippen LogP contribution in [0.1, 0.15) is 31.6 Å². The van der Waals surface area contributed by atoms with Crippen molar-refractivity contribution in [2.75, 3.05) is 19.6 Å². The van der Waals surface area contributed by atoms with Gasteiger partial charge in [-0.15, -0.1) is 0 Å². The number of hydrogen-bond donors (Lipinski definition) is 1. The van der Waals surface area contributed by atoms with E-state index in [-0.39, 0.29) is 24.1 Å². The van der Waals surface area contributed by atoms with E-state index >= 15 is 0 Å². The Morgan fingerprint density at radius 1 is 1.15 bits per heavy atom. The molecule has 2 amide bonds. The summed E-state index contributed by atoms with van der Waals surface area (Å²) in [6.45, 7) is 2.00. The zero-order valence-corrected chi connectivity index (χ0v) is 14.5. The van der Waals surface area contributed by atoms with Crippen molar-refractivity contribution in [1.82, 2.24) is 15.2 Å². The van der Waals surface area contributed by atoms with Crippen LogP contribution in [0.3, 0.4) is 0 Å². The smallest absolute Gasteiger partial charge is 0.224 e. The molecule has 0 atom stereocenters. The lowest BCUT2D eigenvalue weighted by atomic mass is 10.2. The number of aryl methyl sites for hydroxylation is 1. The number of carbonyl (C=O) groups excluding carboxylic acids is 2. The van der Waals surface area contributed by atoms with Crippen molar-refractivity contribution in [3.8, 4) is 11.3 Å². The van der Waals surface area contributed by atoms with Gasteiger partial charge in [-0.25, -0.2) is 9.37 Å². The number of benzene rings is 1. The predicted octanol–water partition coefficient (Wildman–Crippen LogP) is 2.54. The Hall–Kier alpha value is -2.70. The van der Waals surface area contributed by atoms with Gasteiger partial charge in [0.05, 0.1) is 6.20 Å². The fourth-order valence-electron chi connectivity index (χ4n) is 2.92. The van der Waals surface area contributed by atoms with Gasteiger partial charge >= 0.3 is 0 Å². The van der Waals surface area contributed by atoms with Crippen LogP contribution in [0.25, 0.3) is 11.3 Å². The first kappa shape index (κ1) is 18.1. The van der Waals surface area contributed by atoms with Crippen molar-refractivity contribution in [3.05, 3.63) is 42.2 Å². The summed E-state index contributed by atoms with van der Waals surface area (Å²) in [5.74, 6) is 0.637. The molecule has 1 aromatic carbocycles. The second-order valence-corrected chi connectivity index (χ2v) is 6.31. The van der Waals surface area contributed by atoms with Gasteiger partial charge in [0, 0.05) is 44.5 Å². The predicted molar refractivity (Wildman–Crippen MR) is 93.7 cm³/mol. The molecule has 2 aromatic rings. The number of oxazole rings is 1. The topological polar surface area (TPSA) is 75.4 Å². The van der Waals surface area contributed by atoms with Crippen LogP contribution in [-0.4, -0.2) is 41.3 Å². The van der Waals surface area contributed by atoms with E-state index in [0.29, 0.717) is 31.0 Å². The third-order valence-electron chi connectivity index (χ3n) is 4.37. The fraction of sp³-hybridized carbons (Fsp3) is 0.421. The van der Waals surface area contributed by atoms with Gasteiger partial charge in [-0.05, 0) is 37.1 Å². The molecule has 0 unspecified atom stereocenters. The molecular formula is C19H22FN3O3. The van der Waals surface area contributed by atoms with E-state index in [1.54, 1.807) is 18.3 Å². The fourth-order valence-corrected chi connectivity index (χ4v) is 2.92. The lowest BCUT2D eigenvalue weighted by Gasteiger charge is -2.15. The monoisotopic (exact) mass is 359 g/mol. The molecule has 0 aliphatic carbocycles. The van der Waals surface area contributed by atoms with Crippen molar-refractivity contribution in [2.24, 2.45) is 0 Å². The first-order valence-corrected chi connectivity index (χ1v) is 8.87. The first-order valence-electron chi connectivity index (χ1n) is 8.87. The Labute approximate surface area is 151 Å². The van der Waals surface area contributed by atoms with E-state index in [4.69, 9.17) is 4.42 Å². The number of rotatable bonds is 7. The van der Waals surface area contributed by atoms with Crippen LogP contribution in [0.2, 0.25) is 0 Å². The summed E-state index contributed by atoms with van der Waals surface area (Å²) in [6.07, 6.45) is 4.63. The Morgan fingerprint density at radius 2 is 1.88 bits per heavy atom. The van der Waals surface area contributed by atoms with Crippen LogP contribution in [0, 0.1) is 5.82 Å². The second-order valence-electron chi connectivity index (χ2n) is 6.31. The molecule has 6 nitrogen and oxygen atoms in total. The van der Waals surface area contributed by atoms with Crippen LogP contribution < -0.4 is 5.32 Å². The lowest BCUT2D eigenvalue weighted by molar-refractivity contribution is -0.130. The van der Waals surface area contributed by atoms with Gasteiger partial charge < -0.3 is 14.6 Å². The maximum Gasteiger partial charge on any atom is 0.224 e. The van der Waals surface area contributed by atoms with Crippen LogP contribution in [-0.2, 0) is 16.0 Å². The molecule has 26 heavy (non-hydrogen) atoms. The number of nitrogens with zero attached hydrogens (tertiary/aromatic N) is 2. The van der Waals surface area contributed by atoms with Crippen molar-refractivity contribution >= 4 is 11.8 Å². The molecule has 138 valence electrons. The van der Waals surface area contributed by atoms with Gasteiger partial charge in [-0.1, -0.05) is 0 Å². The standard InChI is InChI=1S/C19H22FN3O3/c20-15-5-3-14(4-6-15)16-13-22-18(26-16)8-7-17(24)21-10-9-19(25)23-11-1-2-12-23/h3-6,13H,1-2,7-12H2,(H,21,24). The minimum Gasteiger partial charge on any atom is -0.441 e. The largest absolute Gasteiger partial charge is 0.441 e. The number of nitrogens with one attached hydrogen (secondary N) is 1. The van der Waals surface area contributed by atoms with Crippen LogP contribution in [0.5, 0.6) is 0 Å². The van der Waals surface area contributed by atoms with Gasteiger partial charge in [-0.2, -0.15) is 0 Å². The van der Waals surface area contributed by atoms with Crippen molar-refractivity contribution in [2.45, 2.75) is 32.1 Å². The Bertz CT molecular complexity index is 752. The minimum atomic E-state index is -0.312. The van der Waals surface area contributed by atoms with Crippen LogP contribution in [0.4, 0.5) is 4.39 Å². The molecule has 1 aromatic heterocycles. The van der Waals surface area contributed by atoms with Crippen LogP contribution in [0.15, 0.2) is 34.9 Å². The molecule has 7 heteroatoms. The molecule has 0 radical (unpaired) electrons. The van der Waals surface area contributed by atoms with Gasteiger partial charge in [0.25, 0.3) is 0 Å². The molecule has 1 N–H and O–H groups in total. The Balaban J connectivity index is 1.39. The summed E-state index contributed by atoms with van der Waals surface area (Å²) in [5.41, 5.74) is 0.732. The minimum absolute atomic E-state index is 0.0967. The molecular weight excluding hydrogens is 337 g/mol. The zero-order chi connectivity index (χ0) is 18.4. The maximum atomic E-state index is 12.9. The molecule has 3 rings (SSSR count).